The fourth-order valence-electron chi connectivity index (χ4n) is 3.53. The second-order valence-corrected chi connectivity index (χ2v) is 5.69. The van der Waals surface area contributed by atoms with Crippen molar-refractivity contribution in [3.05, 3.63) is 29.8 Å². The molecule has 3 nitrogen and oxygen atoms in total. The zero-order valence-electron chi connectivity index (χ0n) is 10.6. The van der Waals surface area contributed by atoms with Gasteiger partial charge in [0.05, 0.1) is 5.69 Å². The van der Waals surface area contributed by atoms with Gasteiger partial charge in [0.2, 0.25) is 5.95 Å². The van der Waals surface area contributed by atoms with E-state index in [1.165, 1.54) is 12.5 Å². The van der Waals surface area contributed by atoms with Gasteiger partial charge >= 0.3 is 0 Å². The van der Waals surface area contributed by atoms with Crippen LogP contribution in [0.25, 0.3) is 0 Å². The molecular weight excluding hydrogens is 231 g/mol. The van der Waals surface area contributed by atoms with Crippen LogP contribution in [0, 0.1) is 5.95 Å². The summed E-state index contributed by atoms with van der Waals surface area (Å²) in [7, 11) is 2.13. The molecule has 4 heteroatoms. The Balaban J connectivity index is 1.92. The quantitative estimate of drug-likeness (QED) is 0.775. The smallest absolute Gasteiger partial charge is 0.213 e. The third-order valence-electron chi connectivity index (χ3n) is 4.57. The molecular formula is C14H19FN2O. The van der Waals surface area contributed by atoms with Crippen LogP contribution >= 0.6 is 0 Å². The van der Waals surface area contributed by atoms with E-state index in [4.69, 9.17) is 0 Å². The lowest BCUT2D eigenvalue weighted by Gasteiger charge is -2.50. The molecule has 2 saturated heterocycles. The minimum absolute atomic E-state index is 0.396. The van der Waals surface area contributed by atoms with Gasteiger partial charge in [0.15, 0.2) is 0 Å². The molecule has 0 saturated carbocycles. The van der Waals surface area contributed by atoms with Crippen LogP contribution in [0.15, 0.2) is 18.2 Å². The molecule has 0 radical (unpaired) electrons. The van der Waals surface area contributed by atoms with Crippen molar-refractivity contribution < 1.29 is 9.50 Å². The number of hydrogen-bond donors (Lipinski definition) is 1. The predicted octanol–water partition coefficient (Wildman–Crippen LogP) is 2.05. The van der Waals surface area contributed by atoms with Crippen LogP contribution < -0.4 is 0 Å². The Morgan fingerprint density at radius 3 is 2.61 bits per heavy atom. The molecule has 2 fully saturated rings. The van der Waals surface area contributed by atoms with E-state index in [0.717, 1.165) is 12.8 Å². The van der Waals surface area contributed by atoms with E-state index in [-0.39, 0.29) is 0 Å². The summed E-state index contributed by atoms with van der Waals surface area (Å²) < 4.78 is 13.2. The molecule has 2 unspecified atom stereocenters. The Kier molecular flexibility index (Phi) is 2.87. The van der Waals surface area contributed by atoms with Crippen LogP contribution in [0.5, 0.6) is 0 Å². The Morgan fingerprint density at radius 2 is 2.00 bits per heavy atom. The van der Waals surface area contributed by atoms with Gasteiger partial charge in [-0.05, 0) is 44.9 Å². The Bertz CT molecular complexity index is 437. The summed E-state index contributed by atoms with van der Waals surface area (Å²) in [6, 6.07) is 5.48. The fourth-order valence-corrected chi connectivity index (χ4v) is 3.53. The first-order valence-electron chi connectivity index (χ1n) is 6.66. The van der Waals surface area contributed by atoms with E-state index in [1.54, 1.807) is 12.1 Å². The lowest BCUT2D eigenvalue weighted by atomic mass is 9.74. The van der Waals surface area contributed by atoms with Crippen molar-refractivity contribution >= 4 is 0 Å². The summed E-state index contributed by atoms with van der Waals surface area (Å²) in [5.41, 5.74) is -0.461. The van der Waals surface area contributed by atoms with E-state index in [0.29, 0.717) is 30.6 Å². The molecule has 1 aromatic rings. The summed E-state index contributed by atoms with van der Waals surface area (Å²) >= 11 is 0. The maximum Gasteiger partial charge on any atom is 0.213 e. The average Bonchev–Trinajstić information content (AvgIpc) is 2.31. The number of rotatable bonds is 1. The second kappa shape index (κ2) is 4.28. The molecule has 0 amide bonds. The van der Waals surface area contributed by atoms with Crippen molar-refractivity contribution in [2.45, 2.75) is 49.8 Å². The topological polar surface area (TPSA) is 36.4 Å². The number of hydrogen-bond acceptors (Lipinski definition) is 3. The van der Waals surface area contributed by atoms with Gasteiger partial charge in [-0.2, -0.15) is 4.39 Å². The van der Waals surface area contributed by atoms with Crippen LogP contribution in [0.3, 0.4) is 0 Å². The monoisotopic (exact) mass is 250 g/mol. The first-order valence-corrected chi connectivity index (χ1v) is 6.66. The van der Waals surface area contributed by atoms with Crippen LogP contribution in [0.1, 0.15) is 37.8 Å². The van der Waals surface area contributed by atoms with E-state index in [1.807, 2.05) is 0 Å². The number of halogens is 1. The molecule has 2 atom stereocenters. The standard InChI is InChI=1S/C14H19FN2O/c1-17-10-4-2-5-11(17)9-14(18,8-10)12-6-3-7-13(15)16-12/h3,6-7,10-11,18H,2,4-5,8-9H2,1H3. The van der Waals surface area contributed by atoms with Gasteiger partial charge in [0.25, 0.3) is 0 Å². The molecule has 3 rings (SSSR count). The lowest BCUT2D eigenvalue weighted by molar-refractivity contribution is -0.0902. The highest BCUT2D eigenvalue weighted by molar-refractivity contribution is 5.17. The number of piperidine rings is 2. The molecule has 2 bridgehead atoms. The zero-order chi connectivity index (χ0) is 12.8. The van der Waals surface area contributed by atoms with Crippen molar-refractivity contribution in [2.75, 3.05) is 7.05 Å². The predicted molar refractivity (Wildman–Crippen MR) is 66.5 cm³/mol. The van der Waals surface area contributed by atoms with Crippen molar-refractivity contribution in [3.63, 3.8) is 0 Å². The third-order valence-corrected chi connectivity index (χ3v) is 4.57. The Morgan fingerprint density at radius 1 is 1.33 bits per heavy atom. The minimum Gasteiger partial charge on any atom is -0.383 e. The van der Waals surface area contributed by atoms with E-state index >= 15 is 0 Å². The molecule has 0 spiro atoms. The lowest BCUT2D eigenvalue weighted by Crippen LogP contribution is -2.55. The maximum atomic E-state index is 13.2. The van der Waals surface area contributed by atoms with E-state index in [9.17, 15) is 9.50 Å². The number of nitrogens with zero attached hydrogens (tertiary/aromatic N) is 2. The van der Waals surface area contributed by atoms with Gasteiger partial charge < -0.3 is 10.0 Å². The van der Waals surface area contributed by atoms with Gasteiger partial charge in [-0.1, -0.05) is 12.5 Å². The van der Waals surface area contributed by atoms with Crippen LogP contribution in [-0.4, -0.2) is 34.1 Å². The average molecular weight is 250 g/mol. The zero-order valence-corrected chi connectivity index (χ0v) is 10.6. The molecule has 98 valence electrons. The summed E-state index contributed by atoms with van der Waals surface area (Å²) in [4.78, 5) is 6.26. The van der Waals surface area contributed by atoms with Crippen molar-refractivity contribution in [1.82, 2.24) is 9.88 Å². The van der Waals surface area contributed by atoms with E-state index < -0.39 is 11.5 Å². The molecule has 2 aliphatic rings. The Hall–Kier alpha value is -1.00. The van der Waals surface area contributed by atoms with Crippen molar-refractivity contribution in [3.8, 4) is 0 Å². The van der Waals surface area contributed by atoms with Crippen LogP contribution in [0.4, 0.5) is 4.39 Å². The van der Waals surface area contributed by atoms with Crippen molar-refractivity contribution in [2.24, 2.45) is 0 Å². The maximum absolute atomic E-state index is 13.2. The summed E-state index contributed by atoms with van der Waals surface area (Å²) in [5.74, 6) is -0.509. The summed E-state index contributed by atoms with van der Waals surface area (Å²) in [5, 5.41) is 10.8. The molecule has 3 heterocycles. The van der Waals surface area contributed by atoms with E-state index in [2.05, 4.69) is 16.9 Å². The molecule has 18 heavy (non-hydrogen) atoms. The van der Waals surface area contributed by atoms with Gasteiger partial charge in [-0.25, -0.2) is 4.98 Å². The normalized spacial score (nSPS) is 36.6. The molecule has 0 aromatic carbocycles. The number of aromatic nitrogens is 1. The SMILES string of the molecule is CN1C2CCCC1CC(O)(c1cccc(F)n1)C2. The largest absolute Gasteiger partial charge is 0.383 e. The summed E-state index contributed by atoms with van der Waals surface area (Å²) in [6.45, 7) is 0. The highest BCUT2D eigenvalue weighted by Crippen LogP contribution is 2.42. The minimum atomic E-state index is -0.954. The fraction of sp³-hybridized carbons (Fsp3) is 0.643. The molecule has 2 aliphatic heterocycles. The van der Waals surface area contributed by atoms with Crippen LogP contribution in [-0.2, 0) is 5.60 Å². The molecule has 1 aromatic heterocycles. The van der Waals surface area contributed by atoms with Gasteiger partial charge in [-0.15, -0.1) is 0 Å². The van der Waals surface area contributed by atoms with Gasteiger partial charge in [0, 0.05) is 12.1 Å². The molecule has 1 N–H and O–H groups in total. The summed E-state index contributed by atoms with van der Waals surface area (Å²) in [6.07, 6.45) is 4.79. The van der Waals surface area contributed by atoms with Gasteiger partial charge in [-0.3, -0.25) is 0 Å². The first-order chi connectivity index (χ1) is 8.58. The second-order valence-electron chi connectivity index (χ2n) is 5.69. The third kappa shape index (κ3) is 1.93. The Labute approximate surface area is 107 Å². The highest BCUT2D eigenvalue weighted by atomic mass is 19.1. The number of pyridine rings is 1. The highest BCUT2D eigenvalue weighted by Gasteiger charge is 2.45. The van der Waals surface area contributed by atoms with Crippen LogP contribution in [0.2, 0.25) is 0 Å². The molecule has 0 aliphatic carbocycles. The number of aliphatic hydroxyl groups is 1. The van der Waals surface area contributed by atoms with Crippen molar-refractivity contribution in [1.29, 1.82) is 0 Å². The van der Waals surface area contributed by atoms with Gasteiger partial charge in [0.1, 0.15) is 5.60 Å². The number of fused-ring (bicyclic) bond motifs is 2. The first kappa shape index (κ1) is 12.1.